The third-order valence-electron chi connectivity index (χ3n) is 6.67. The second-order valence-electron chi connectivity index (χ2n) is 8.59. The van der Waals surface area contributed by atoms with Gasteiger partial charge in [0.25, 0.3) is 0 Å². The normalized spacial score (nSPS) is 17.6. The van der Waals surface area contributed by atoms with Crippen LogP contribution in [0.2, 0.25) is 0 Å². The first-order chi connectivity index (χ1) is 14.8. The second kappa shape index (κ2) is 8.63. The molecule has 0 aliphatic carbocycles. The monoisotopic (exact) mass is 441 g/mol. The number of amides is 1. The maximum Gasteiger partial charge on any atom is 0.243 e. The van der Waals surface area contributed by atoms with Crippen molar-refractivity contribution in [3.8, 4) is 0 Å². The van der Waals surface area contributed by atoms with Crippen LogP contribution in [-0.2, 0) is 21.2 Å². The zero-order valence-electron chi connectivity index (χ0n) is 18.5. The van der Waals surface area contributed by atoms with Gasteiger partial charge in [-0.15, -0.1) is 0 Å². The average Bonchev–Trinajstić information content (AvgIpc) is 3.18. The quantitative estimate of drug-likeness (QED) is 0.768. The van der Waals surface area contributed by atoms with E-state index in [1.165, 1.54) is 15.6 Å². The second-order valence-corrected chi connectivity index (χ2v) is 10.5. The first-order valence-electron chi connectivity index (χ1n) is 11.1. The number of nitrogens with zero attached hydrogens (tertiary/aromatic N) is 2. The summed E-state index contributed by atoms with van der Waals surface area (Å²) in [7, 11) is -3.53. The predicted molar refractivity (Wildman–Crippen MR) is 124 cm³/mol. The summed E-state index contributed by atoms with van der Waals surface area (Å²) in [5.41, 5.74) is 5.38. The van der Waals surface area contributed by atoms with E-state index in [9.17, 15) is 13.2 Å². The lowest BCUT2D eigenvalue weighted by Crippen LogP contribution is -2.41. The summed E-state index contributed by atoms with van der Waals surface area (Å²) >= 11 is 0. The summed E-state index contributed by atoms with van der Waals surface area (Å²) < 4.78 is 27.5. The molecule has 1 fully saturated rings. The van der Waals surface area contributed by atoms with Crippen molar-refractivity contribution in [1.29, 1.82) is 0 Å². The number of likely N-dealkylation sites (N-methyl/N-ethyl adjacent to an activating group) is 1. The van der Waals surface area contributed by atoms with Crippen LogP contribution in [0.4, 0.5) is 11.4 Å². The van der Waals surface area contributed by atoms with E-state index in [0.29, 0.717) is 30.8 Å². The van der Waals surface area contributed by atoms with Crippen molar-refractivity contribution in [1.82, 2.24) is 4.31 Å². The van der Waals surface area contributed by atoms with Crippen LogP contribution in [0, 0.1) is 19.8 Å². The van der Waals surface area contributed by atoms with Gasteiger partial charge in [-0.3, -0.25) is 4.79 Å². The largest absolute Gasteiger partial charge is 0.371 e. The molecule has 0 spiro atoms. The Labute approximate surface area is 185 Å². The Morgan fingerprint density at radius 1 is 1.03 bits per heavy atom. The summed E-state index contributed by atoms with van der Waals surface area (Å²) in [6.07, 6.45) is 2.11. The molecule has 31 heavy (non-hydrogen) atoms. The number of anilines is 2. The molecule has 7 heteroatoms. The Kier molecular flexibility index (Phi) is 6.08. The fourth-order valence-electron chi connectivity index (χ4n) is 4.48. The Morgan fingerprint density at radius 2 is 1.77 bits per heavy atom. The van der Waals surface area contributed by atoms with Crippen molar-refractivity contribution in [3.63, 3.8) is 0 Å². The first-order valence-corrected chi connectivity index (χ1v) is 12.5. The lowest BCUT2D eigenvalue weighted by atomic mass is 9.97. The van der Waals surface area contributed by atoms with Gasteiger partial charge in [0.05, 0.1) is 4.90 Å². The van der Waals surface area contributed by atoms with Gasteiger partial charge in [-0.05, 0) is 81.0 Å². The number of aryl methyl sites for hydroxylation is 2. The molecule has 4 rings (SSSR count). The fraction of sp³-hybridized carbons (Fsp3) is 0.458. The van der Waals surface area contributed by atoms with E-state index < -0.39 is 10.0 Å². The molecular formula is C24H31N3O3S. The number of benzene rings is 2. The highest BCUT2D eigenvalue weighted by Gasteiger charge is 2.32. The van der Waals surface area contributed by atoms with E-state index in [1.54, 1.807) is 12.1 Å². The van der Waals surface area contributed by atoms with E-state index in [4.69, 9.17) is 0 Å². The molecule has 166 valence electrons. The van der Waals surface area contributed by atoms with E-state index in [2.05, 4.69) is 29.3 Å². The van der Waals surface area contributed by atoms with Crippen LogP contribution >= 0.6 is 0 Å². The Morgan fingerprint density at radius 3 is 2.45 bits per heavy atom. The van der Waals surface area contributed by atoms with Crippen LogP contribution in [0.3, 0.4) is 0 Å². The fourth-order valence-corrected chi connectivity index (χ4v) is 6.03. The molecule has 2 heterocycles. The molecule has 2 aliphatic heterocycles. The van der Waals surface area contributed by atoms with Gasteiger partial charge in [-0.25, -0.2) is 8.42 Å². The number of carbonyl (C=O) groups is 1. The topological polar surface area (TPSA) is 69.7 Å². The zero-order valence-corrected chi connectivity index (χ0v) is 19.3. The molecule has 2 aromatic carbocycles. The molecule has 0 atom stereocenters. The SMILES string of the molecule is CCN1CCc2ccc(NC(=O)C3CCN(S(=O)(=O)c4ccc(C)c(C)c4)CC3)cc21. The molecule has 1 amide bonds. The summed E-state index contributed by atoms with van der Waals surface area (Å²) in [5, 5.41) is 3.05. The van der Waals surface area contributed by atoms with Gasteiger partial charge in [0.2, 0.25) is 15.9 Å². The first kappa shape index (κ1) is 21.8. The number of hydrogen-bond donors (Lipinski definition) is 1. The van der Waals surface area contributed by atoms with Crippen molar-refractivity contribution < 1.29 is 13.2 Å². The molecule has 0 aromatic heterocycles. The standard InChI is InChI=1S/C24H31N3O3S/c1-4-26-12-9-19-6-7-21(16-23(19)26)25-24(28)20-10-13-27(14-11-20)31(29,30)22-8-5-17(2)18(3)15-22/h5-8,15-16,20H,4,9-14H2,1-3H3,(H,25,28). The minimum atomic E-state index is -3.53. The van der Waals surface area contributed by atoms with Gasteiger partial charge in [0.1, 0.15) is 0 Å². The maximum absolute atomic E-state index is 13.0. The van der Waals surface area contributed by atoms with Crippen LogP contribution < -0.4 is 10.2 Å². The van der Waals surface area contributed by atoms with Gasteiger partial charge in [-0.2, -0.15) is 4.31 Å². The lowest BCUT2D eigenvalue weighted by Gasteiger charge is -2.30. The van der Waals surface area contributed by atoms with E-state index in [1.807, 2.05) is 26.0 Å². The number of fused-ring (bicyclic) bond motifs is 1. The smallest absolute Gasteiger partial charge is 0.243 e. The number of rotatable bonds is 5. The van der Waals surface area contributed by atoms with Crippen LogP contribution in [-0.4, -0.2) is 44.8 Å². The summed E-state index contributed by atoms with van der Waals surface area (Å²) in [4.78, 5) is 15.5. The summed E-state index contributed by atoms with van der Waals surface area (Å²) in [6.45, 7) is 8.73. The van der Waals surface area contributed by atoms with E-state index >= 15 is 0 Å². The van der Waals surface area contributed by atoms with Crippen molar-refractivity contribution in [2.45, 2.75) is 44.9 Å². The van der Waals surface area contributed by atoms with Gasteiger partial charge in [0, 0.05) is 43.5 Å². The molecule has 1 saturated heterocycles. The van der Waals surface area contributed by atoms with Gasteiger partial charge in [-0.1, -0.05) is 12.1 Å². The molecule has 2 aromatic rings. The van der Waals surface area contributed by atoms with Gasteiger partial charge < -0.3 is 10.2 Å². The molecule has 0 radical (unpaired) electrons. The van der Waals surface area contributed by atoms with Crippen LogP contribution in [0.15, 0.2) is 41.3 Å². The molecule has 1 N–H and O–H groups in total. The molecular weight excluding hydrogens is 410 g/mol. The maximum atomic E-state index is 13.0. The molecule has 0 saturated carbocycles. The number of nitrogens with one attached hydrogen (secondary N) is 1. The van der Waals surface area contributed by atoms with E-state index in [-0.39, 0.29) is 11.8 Å². The minimum Gasteiger partial charge on any atom is -0.371 e. The third kappa shape index (κ3) is 4.34. The van der Waals surface area contributed by atoms with Gasteiger partial charge >= 0.3 is 0 Å². The van der Waals surface area contributed by atoms with Crippen molar-refractivity contribution in [2.75, 3.05) is 36.4 Å². The number of piperidine rings is 1. The highest BCUT2D eigenvalue weighted by Crippen LogP contribution is 2.31. The number of hydrogen-bond acceptors (Lipinski definition) is 4. The third-order valence-corrected chi connectivity index (χ3v) is 8.56. The molecule has 0 unspecified atom stereocenters. The summed E-state index contributed by atoms with van der Waals surface area (Å²) in [6, 6.07) is 11.4. The van der Waals surface area contributed by atoms with Crippen molar-refractivity contribution in [3.05, 3.63) is 53.1 Å². The van der Waals surface area contributed by atoms with E-state index in [0.717, 1.165) is 36.3 Å². The summed E-state index contributed by atoms with van der Waals surface area (Å²) in [5.74, 6) is -0.203. The minimum absolute atomic E-state index is 0.0239. The van der Waals surface area contributed by atoms with Crippen LogP contribution in [0.5, 0.6) is 0 Å². The Balaban J connectivity index is 1.38. The average molecular weight is 442 g/mol. The highest BCUT2D eigenvalue weighted by molar-refractivity contribution is 7.89. The zero-order chi connectivity index (χ0) is 22.2. The number of carbonyl (C=O) groups excluding carboxylic acids is 1. The Bertz CT molecular complexity index is 1090. The molecule has 6 nitrogen and oxygen atoms in total. The van der Waals surface area contributed by atoms with Crippen molar-refractivity contribution in [2.24, 2.45) is 5.92 Å². The van der Waals surface area contributed by atoms with Crippen LogP contribution in [0.1, 0.15) is 36.5 Å². The van der Waals surface area contributed by atoms with Crippen molar-refractivity contribution >= 4 is 27.3 Å². The van der Waals surface area contributed by atoms with Crippen LogP contribution in [0.25, 0.3) is 0 Å². The predicted octanol–water partition coefficient (Wildman–Crippen LogP) is 3.73. The molecule has 2 aliphatic rings. The highest BCUT2D eigenvalue weighted by atomic mass is 32.2. The Hall–Kier alpha value is -2.38. The van der Waals surface area contributed by atoms with Gasteiger partial charge in [0.15, 0.2) is 0 Å². The lowest BCUT2D eigenvalue weighted by molar-refractivity contribution is -0.120. The number of sulfonamides is 1. The molecule has 0 bridgehead atoms.